The van der Waals surface area contributed by atoms with E-state index in [9.17, 15) is 13.2 Å². The summed E-state index contributed by atoms with van der Waals surface area (Å²) in [5.74, 6) is 0.0348. The van der Waals surface area contributed by atoms with Crippen molar-refractivity contribution in [1.29, 1.82) is 0 Å². The monoisotopic (exact) mass is 410 g/mol. The molecule has 28 heavy (non-hydrogen) atoms. The van der Waals surface area contributed by atoms with E-state index < -0.39 is 10.0 Å². The van der Waals surface area contributed by atoms with Crippen LogP contribution in [0.5, 0.6) is 0 Å². The quantitative estimate of drug-likeness (QED) is 0.737. The Balaban J connectivity index is 1.80. The van der Waals surface area contributed by atoms with Crippen LogP contribution in [-0.2, 0) is 14.8 Å². The van der Waals surface area contributed by atoms with E-state index in [0.717, 1.165) is 38.8 Å². The molecule has 1 aromatic rings. The first-order chi connectivity index (χ1) is 13.3. The van der Waals surface area contributed by atoms with Gasteiger partial charge < -0.3 is 14.3 Å². The first-order valence-electron chi connectivity index (χ1n) is 9.90. The van der Waals surface area contributed by atoms with Gasteiger partial charge in [-0.25, -0.2) is 8.42 Å². The molecule has 0 N–H and O–H groups in total. The summed E-state index contributed by atoms with van der Waals surface area (Å²) in [5.41, 5.74) is 0.336. The van der Waals surface area contributed by atoms with Crippen molar-refractivity contribution in [2.75, 3.05) is 40.3 Å². The zero-order chi connectivity index (χ0) is 20.3. The van der Waals surface area contributed by atoms with Gasteiger partial charge in [-0.2, -0.15) is 4.31 Å². The predicted molar refractivity (Wildman–Crippen MR) is 106 cm³/mol. The Hall–Kier alpha value is -1.87. The molecule has 0 spiro atoms. The summed E-state index contributed by atoms with van der Waals surface area (Å²) in [6.45, 7) is 3.83. The van der Waals surface area contributed by atoms with Crippen LogP contribution in [0.25, 0.3) is 6.08 Å². The van der Waals surface area contributed by atoms with Gasteiger partial charge in [0.05, 0.1) is 5.92 Å². The van der Waals surface area contributed by atoms with Crippen LogP contribution >= 0.6 is 0 Å². The molecule has 1 aromatic heterocycles. The third kappa shape index (κ3) is 4.41. The molecule has 0 aliphatic carbocycles. The maximum Gasteiger partial charge on any atom is 0.248 e. The average Bonchev–Trinajstić information content (AvgIpc) is 3.08. The van der Waals surface area contributed by atoms with E-state index in [2.05, 4.69) is 5.16 Å². The summed E-state index contributed by atoms with van der Waals surface area (Å²) in [5, 5.41) is 3.86. The van der Waals surface area contributed by atoms with Gasteiger partial charge in [0.2, 0.25) is 15.9 Å². The van der Waals surface area contributed by atoms with Crippen LogP contribution in [-0.4, -0.2) is 73.9 Å². The van der Waals surface area contributed by atoms with Gasteiger partial charge in [-0.15, -0.1) is 0 Å². The van der Waals surface area contributed by atoms with Crippen molar-refractivity contribution in [2.45, 2.75) is 43.9 Å². The second-order valence-electron chi connectivity index (χ2n) is 7.83. The molecule has 2 fully saturated rings. The maximum absolute atomic E-state index is 13.3. The molecule has 156 valence electrons. The molecule has 0 radical (unpaired) electrons. The zero-order valence-corrected chi connectivity index (χ0v) is 17.7. The Morgan fingerprint density at radius 2 is 1.89 bits per heavy atom. The lowest BCUT2D eigenvalue weighted by Crippen LogP contribution is -2.48. The summed E-state index contributed by atoms with van der Waals surface area (Å²) in [6, 6.07) is 0. The molecular weight excluding hydrogens is 380 g/mol. The third-order valence-corrected chi connectivity index (χ3v) is 7.38. The second kappa shape index (κ2) is 8.65. The first kappa shape index (κ1) is 20.9. The largest absolute Gasteiger partial charge is 0.383 e. The number of hydrogen-bond acceptors (Lipinski definition) is 6. The highest BCUT2D eigenvalue weighted by atomic mass is 32.2. The van der Waals surface area contributed by atoms with Crippen molar-refractivity contribution in [3.63, 3.8) is 0 Å². The highest BCUT2D eigenvalue weighted by Crippen LogP contribution is 2.30. The van der Waals surface area contributed by atoms with E-state index in [0.29, 0.717) is 18.7 Å². The summed E-state index contributed by atoms with van der Waals surface area (Å²) < 4.78 is 33.3. The minimum atomic E-state index is -3.79. The molecule has 0 bridgehead atoms. The van der Waals surface area contributed by atoms with Crippen LogP contribution in [0.4, 0.5) is 0 Å². The number of carbonyl (C=O) groups is 1. The second-order valence-corrected chi connectivity index (χ2v) is 9.70. The van der Waals surface area contributed by atoms with Gasteiger partial charge in [0.15, 0.2) is 10.7 Å². The topological polar surface area (TPSA) is 87.0 Å². The number of sulfonamides is 1. The Morgan fingerprint density at radius 3 is 2.57 bits per heavy atom. The fraction of sp³-hybridized carbons (Fsp3) is 0.684. The van der Waals surface area contributed by atoms with Crippen molar-refractivity contribution in [3.05, 3.63) is 17.7 Å². The first-order valence-corrected chi connectivity index (χ1v) is 11.3. The van der Waals surface area contributed by atoms with Gasteiger partial charge >= 0.3 is 0 Å². The highest BCUT2D eigenvalue weighted by Gasteiger charge is 2.38. The van der Waals surface area contributed by atoms with E-state index in [-0.39, 0.29) is 29.0 Å². The van der Waals surface area contributed by atoms with Gasteiger partial charge in [0.1, 0.15) is 5.69 Å². The Labute approximate surface area is 167 Å². The summed E-state index contributed by atoms with van der Waals surface area (Å²) in [4.78, 5) is 16.7. The summed E-state index contributed by atoms with van der Waals surface area (Å²) in [6.07, 6.45) is 7.95. The van der Waals surface area contributed by atoms with Crippen LogP contribution in [0.3, 0.4) is 0 Å². The Bertz CT molecular complexity index is 825. The molecule has 9 heteroatoms. The molecule has 0 aromatic carbocycles. The molecule has 1 amide bonds. The molecule has 2 aliphatic heterocycles. The minimum Gasteiger partial charge on any atom is -0.383 e. The lowest BCUT2D eigenvalue weighted by molar-refractivity contribution is -0.137. The maximum atomic E-state index is 13.3. The number of nitrogens with zero attached hydrogens (tertiary/aromatic N) is 4. The number of amides is 1. The number of likely N-dealkylation sites (tertiary alicyclic amines) is 1. The third-order valence-electron chi connectivity index (χ3n) is 5.36. The number of carbonyl (C=O) groups excluding carboxylic acids is 1. The predicted octanol–water partition coefficient (Wildman–Crippen LogP) is 1.93. The van der Waals surface area contributed by atoms with Crippen molar-refractivity contribution in [1.82, 2.24) is 19.3 Å². The molecule has 3 rings (SSSR count). The normalized spacial score (nSPS) is 22.0. The van der Waals surface area contributed by atoms with Crippen LogP contribution in [0.1, 0.15) is 43.6 Å². The number of aromatic nitrogens is 1. The van der Waals surface area contributed by atoms with Gasteiger partial charge in [-0.05, 0) is 39.0 Å². The lowest BCUT2D eigenvalue weighted by Gasteiger charge is -2.35. The molecule has 2 aliphatic rings. The number of piperidine rings is 2. The van der Waals surface area contributed by atoms with Crippen molar-refractivity contribution in [2.24, 2.45) is 5.92 Å². The lowest BCUT2D eigenvalue weighted by atomic mass is 9.97. The molecule has 1 unspecified atom stereocenters. The van der Waals surface area contributed by atoms with Crippen molar-refractivity contribution >= 4 is 22.0 Å². The van der Waals surface area contributed by atoms with E-state index in [1.165, 1.54) is 4.31 Å². The van der Waals surface area contributed by atoms with Gasteiger partial charge in [-0.3, -0.25) is 4.79 Å². The van der Waals surface area contributed by atoms with Crippen LogP contribution in [0.15, 0.2) is 15.6 Å². The van der Waals surface area contributed by atoms with Crippen LogP contribution < -0.4 is 0 Å². The highest BCUT2D eigenvalue weighted by molar-refractivity contribution is 7.89. The van der Waals surface area contributed by atoms with E-state index >= 15 is 0 Å². The Morgan fingerprint density at radius 1 is 1.18 bits per heavy atom. The fourth-order valence-electron chi connectivity index (χ4n) is 3.88. The minimum absolute atomic E-state index is 0.0920. The fourth-order valence-corrected chi connectivity index (χ4v) is 5.65. The summed E-state index contributed by atoms with van der Waals surface area (Å²) in [7, 11) is -0.103. The van der Waals surface area contributed by atoms with Crippen molar-refractivity contribution < 1.29 is 17.7 Å². The van der Waals surface area contributed by atoms with Crippen LogP contribution in [0.2, 0.25) is 0 Å². The van der Waals surface area contributed by atoms with E-state index in [1.807, 2.05) is 19.0 Å². The molecule has 2 saturated heterocycles. The Kier molecular flexibility index (Phi) is 6.44. The molecule has 0 saturated carbocycles. The molecule has 8 nitrogen and oxygen atoms in total. The van der Waals surface area contributed by atoms with Crippen molar-refractivity contribution in [3.8, 4) is 0 Å². The van der Waals surface area contributed by atoms with E-state index in [4.69, 9.17) is 4.52 Å². The SMILES string of the molecule is Cc1noc(/C=C/N(C)C)c1S(=O)(=O)N1CCCC(C(=O)N2CCCCC2)C1. The van der Waals surface area contributed by atoms with Gasteiger partial charge in [0, 0.05) is 52.6 Å². The average molecular weight is 411 g/mol. The van der Waals surface area contributed by atoms with Gasteiger partial charge in [0.25, 0.3) is 0 Å². The number of hydrogen-bond donors (Lipinski definition) is 0. The van der Waals surface area contributed by atoms with E-state index in [1.54, 1.807) is 24.1 Å². The molecule has 3 heterocycles. The molecular formula is C19H30N4O4S. The van der Waals surface area contributed by atoms with Crippen LogP contribution in [0, 0.1) is 12.8 Å². The van der Waals surface area contributed by atoms with Gasteiger partial charge in [-0.1, -0.05) is 5.16 Å². The number of aryl methyl sites for hydroxylation is 1. The molecule has 1 atom stereocenters. The summed E-state index contributed by atoms with van der Waals surface area (Å²) >= 11 is 0. The standard InChI is InChI=1S/C19H30N4O4S/c1-15-18(17(27-20-15)9-13-21(2)3)28(25,26)23-12-7-8-16(14-23)19(24)22-10-5-4-6-11-22/h9,13,16H,4-8,10-12,14H2,1-3H3/b13-9+. The smallest absolute Gasteiger partial charge is 0.248 e. The zero-order valence-electron chi connectivity index (χ0n) is 16.9. The number of rotatable bonds is 5.